The second-order valence-electron chi connectivity index (χ2n) is 10.5. The summed E-state index contributed by atoms with van der Waals surface area (Å²) in [6.07, 6.45) is 6.96. The molecular weight excluding hydrogens is 658 g/mol. The van der Waals surface area contributed by atoms with Crippen LogP contribution >= 0.6 is 0 Å². The molecule has 4 aromatic carbocycles. The van der Waals surface area contributed by atoms with Gasteiger partial charge in [-0.15, -0.1) is 0 Å². The predicted molar refractivity (Wildman–Crippen MR) is 188 cm³/mol. The molecule has 0 N–H and O–H groups in total. The molecule has 8 rings (SSSR count). The van der Waals surface area contributed by atoms with Crippen molar-refractivity contribution in [2.45, 2.75) is 0 Å². The van der Waals surface area contributed by atoms with Gasteiger partial charge in [0, 0.05) is 66.5 Å². The van der Waals surface area contributed by atoms with Gasteiger partial charge in [0.15, 0.2) is 23.3 Å². The summed E-state index contributed by atoms with van der Waals surface area (Å²) in [5.41, 5.74) is 7.59. The van der Waals surface area contributed by atoms with Gasteiger partial charge >= 0.3 is 0 Å². The van der Waals surface area contributed by atoms with E-state index >= 15 is 0 Å². The van der Waals surface area contributed by atoms with Gasteiger partial charge in [0.1, 0.15) is 0 Å². The molecule has 4 heterocycles. The Kier molecular flexibility index (Phi) is 10.8. The number of aromatic nitrogens is 8. The van der Waals surface area contributed by atoms with Crippen LogP contribution in [0, 0.1) is 0 Å². The molecule has 0 aliphatic rings. The molecule has 0 radical (unpaired) electrons. The van der Waals surface area contributed by atoms with Gasteiger partial charge in [0.25, 0.3) is 0 Å². The van der Waals surface area contributed by atoms with Crippen LogP contribution in [0.1, 0.15) is 0 Å². The number of benzene rings is 4. The Morgan fingerprint density at radius 1 is 0.245 bits per heavy atom. The Hall–Kier alpha value is -6.18. The molecule has 0 unspecified atom stereocenters. The average Bonchev–Trinajstić information content (AvgIpc) is 3.20. The third-order valence-corrected chi connectivity index (χ3v) is 7.30. The van der Waals surface area contributed by atoms with Crippen molar-refractivity contribution in [1.29, 1.82) is 0 Å². The number of hydrogen-bond acceptors (Lipinski definition) is 8. The summed E-state index contributed by atoms with van der Waals surface area (Å²) in [6, 6.07) is 47.6. The zero-order chi connectivity index (χ0) is 32.4. The molecule has 0 amide bonds. The van der Waals surface area contributed by atoms with Crippen LogP contribution in [0.25, 0.3) is 68.3 Å². The maximum atomic E-state index is 4.61. The minimum Gasteiger partial charge on any atom is -0.234 e. The van der Waals surface area contributed by atoms with Crippen molar-refractivity contribution in [2.75, 3.05) is 0 Å². The molecule has 0 aliphatic carbocycles. The molecule has 49 heavy (non-hydrogen) atoms. The van der Waals surface area contributed by atoms with Crippen LogP contribution in [-0.2, 0) is 19.5 Å². The second kappa shape index (κ2) is 16.1. The van der Waals surface area contributed by atoms with Crippen LogP contribution < -0.4 is 0 Å². The molecule has 0 saturated carbocycles. The summed E-state index contributed by atoms with van der Waals surface area (Å²) < 4.78 is 0. The summed E-state index contributed by atoms with van der Waals surface area (Å²) in [7, 11) is 0. The van der Waals surface area contributed by atoms with Crippen molar-refractivity contribution in [3.63, 3.8) is 0 Å². The molecule has 0 bridgehead atoms. The summed E-state index contributed by atoms with van der Waals surface area (Å²) in [6.45, 7) is 0. The molecule has 0 aliphatic heterocycles. The van der Waals surface area contributed by atoms with Crippen molar-refractivity contribution in [3.8, 4) is 68.3 Å². The van der Waals surface area contributed by atoms with Crippen molar-refractivity contribution in [3.05, 3.63) is 170 Å². The normalized spacial score (nSPS) is 10.3. The van der Waals surface area contributed by atoms with Crippen LogP contribution in [0.5, 0.6) is 0 Å². The Labute approximate surface area is 296 Å². The summed E-state index contributed by atoms with van der Waals surface area (Å²) in [5, 5.41) is 0. The van der Waals surface area contributed by atoms with Crippen molar-refractivity contribution in [2.24, 2.45) is 0 Å². The van der Waals surface area contributed by atoms with Gasteiger partial charge < -0.3 is 0 Å². The van der Waals surface area contributed by atoms with Gasteiger partial charge in [0.2, 0.25) is 0 Å². The SMILES string of the molecule is [Zn].c1ccc(-c2ccnc(-c3nccc(-c4ccccc4)n3)n2)cc1.c1ccc(-c2ccnc(-c3nccc(-c4ccccc4)n3)n2)cc1. The standard InChI is InChI=1S/2C20H14N4.Zn/c2*1-3-7-15(8-4-1)17-11-13-21-19(23-17)20-22-14-12-18(24-20)16-9-5-2-6-10-16;/h2*1-14H;. The molecule has 0 fully saturated rings. The second-order valence-corrected chi connectivity index (χ2v) is 10.5. The van der Waals surface area contributed by atoms with E-state index in [2.05, 4.69) is 39.9 Å². The maximum Gasteiger partial charge on any atom is 0.198 e. The first-order valence-electron chi connectivity index (χ1n) is 15.3. The van der Waals surface area contributed by atoms with E-state index in [0.29, 0.717) is 23.3 Å². The van der Waals surface area contributed by atoms with Crippen LogP contribution in [0.2, 0.25) is 0 Å². The number of nitrogens with zero attached hydrogens (tertiary/aromatic N) is 8. The van der Waals surface area contributed by atoms with Gasteiger partial charge in [-0.3, -0.25) is 0 Å². The first kappa shape index (κ1) is 32.8. The predicted octanol–water partition coefficient (Wildman–Crippen LogP) is 8.53. The Bertz CT molecular complexity index is 1910. The fourth-order valence-electron chi connectivity index (χ4n) is 4.94. The minimum absolute atomic E-state index is 0. The fraction of sp³-hybridized carbons (Fsp3) is 0. The van der Waals surface area contributed by atoms with Crippen molar-refractivity contribution in [1.82, 2.24) is 39.9 Å². The van der Waals surface area contributed by atoms with E-state index in [9.17, 15) is 0 Å². The molecule has 0 saturated heterocycles. The first-order chi connectivity index (χ1) is 23.8. The smallest absolute Gasteiger partial charge is 0.198 e. The topological polar surface area (TPSA) is 103 Å². The van der Waals surface area contributed by atoms with E-state index < -0.39 is 0 Å². The quantitative estimate of drug-likeness (QED) is 0.161. The molecule has 0 atom stereocenters. The number of hydrogen-bond donors (Lipinski definition) is 0. The third-order valence-electron chi connectivity index (χ3n) is 7.30. The van der Waals surface area contributed by atoms with Crippen LogP contribution in [0.4, 0.5) is 0 Å². The van der Waals surface area contributed by atoms with E-state index in [1.165, 1.54) is 0 Å². The van der Waals surface area contributed by atoms with E-state index in [4.69, 9.17) is 0 Å². The van der Waals surface area contributed by atoms with E-state index in [1.807, 2.05) is 146 Å². The molecule has 230 valence electrons. The van der Waals surface area contributed by atoms with E-state index in [1.54, 1.807) is 24.8 Å². The third kappa shape index (κ3) is 8.22. The molecule has 9 heteroatoms. The zero-order valence-electron chi connectivity index (χ0n) is 26.5. The first-order valence-corrected chi connectivity index (χ1v) is 15.3. The van der Waals surface area contributed by atoms with Gasteiger partial charge in [-0.25, -0.2) is 39.9 Å². The maximum absolute atomic E-state index is 4.61. The molecule has 8 nitrogen and oxygen atoms in total. The average molecular weight is 686 g/mol. The summed E-state index contributed by atoms with van der Waals surface area (Å²) in [5.74, 6) is 2.09. The zero-order valence-corrected chi connectivity index (χ0v) is 29.4. The molecule has 8 aromatic rings. The van der Waals surface area contributed by atoms with E-state index in [0.717, 1.165) is 45.0 Å². The molecule has 0 spiro atoms. The van der Waals surface area contributed by atoms with Crippen LogP contribution in [0.15, 0.2) is 170 Å². The molecule has 4 aromatic heterocycles. The Morgan fingerprint density at radius 3 is 0.653 bits per heavy atom. The molecular formula is C40H28N8Zn. The largest absolute Gasteiger partial charge is 0.234 e. The minimum atomic E-state index is 0. The van der Waals surface area contributed by atoms with Gasteiger partial charge in [-0.05, 0) is 24.3 Å². The van der Waals surface area contributed by atoms with Gasteiger partial charge in [0.05, 0.1) is 22.8 Å². The Morgan fingerprint density at radius 2 is 0.449 bits per heavy atom. The van der Waals surface area contributed by atoms with E-state index in [-0.39, 0.29) is 19.5 Å². The van der Waals surface area contributed by atoms with Crippen molar-refractivity contribution >= 4 is 0 Å². The number of rotatable bonds is 6. The van der Waals surface area contributed by atoms with Crippen LogP contribution in [0.3, 0.4) is 0 Å². The van der Waals surface area contributed by atoms with Crippen LogP contribution in [-0.4, -0.2) is 39.9 Å². The van der Waals surface area contributed by atoms with Gasteiger partial charge in [-0.2, -0.15) is 0 Å². The van der Waals surface area contributed by atoms with Crippen molar-refractivity contribution < 1.29 is 19.5 Å². The monoisotopic (exact) mass is 684 g/mol. The fourth-order valence-corrected chi connectivity index (χ4v) is 4.94. The summed E-state index contributed by atoms with van der Waals surface area (Å²) in [4.78, 5) is 35.8. The van der Waals surface area contributed by atoms with Gasteiger partial charge in [-0.1, -0.05) is 121 Å². The summed E-state index contributed by atoms with van der Waals surface area (Å²) >= 11 is 0. The Balaban J connectivity index is 0.000000167.